The molecule has 4 aromatic rings. The summed E-state index contributed by atoms with van der Waals surface area (Å²) in [5.74, 6) is -2.22. The van der Waals surface area contributed by atoms with Gasteiger partial charge in [-0.25, -0.2) is 9.50 Å². The molecule has 1 aromatic carbocycles. The van der Waals surface area contributed by atoms with Gasteiger partial charge in [-0.05, 0) is 108 Å². The smallest absolute Gasteiger partial charge is 0.386 e. The third-order valence-electron chi connectivity index (χ3n) is 11.7. The Labute approximate surface area is 356 Å². The average Bonchev–Trinajstić information content (AvgIpc) is 3.75. The van der Waals surface area contributed by atoms with Crippen LogP contribution in [0.25, 0.3) is 5.52 Å². The van der Waals surface area contributed by atoms with Gasteiger partial charge in [0.25, 0.3) is 17.7 Å². The van der Waals surface area contributed by atoms with Crippen molar-refractivity contribution in [2.24, 2.45) is 5.92 Å². The number of nitrogens with one attached hydrogen (secondary N) is 3. The van der Waals surface area contributed by atoms with Gasteiger partial charge in [-0.15, -0.1) is 0 Å². The Balaban J connectivity index is 0.825. The maximum absolute atomic E-state index is 13.3. The third-order valence-corrected chi connectivity index (χ3v) is 11.7. The Bertz CT molecular complexity index is 2350. The number of benzene rings is 1. The van der Waals surface area contributed by atoms with Gasteiger partial charge in [0.2, 0.25) is 11.8 Å². The molecule has 1 atom stereocenters. The summed E-state index contributed by atoms with van der Waals surface area (Å²) in [5.41, 5.74) is 0.189. The highest BCUT2D eigenvalue weighted by atomic mass is 19.4. The molecule has 3 aliphatic rings. The standard InChI is InChI=1S/C44H51F3N8O7/c1-43(2,61)30-25-54-28(23-34(30)50-39(57)32-10-5-11-36(49-32)44(45,46)47)22-33(52-54)27-14-12-26(13-15-27)24-53(3)19-7-21-62-20-6-18-48-31-9-4-8-29-38(31)42(60)55(41(29)59)35-16-17-37(56)51-40(35)58/h4-5,8-11,22-23,25-27,35,48,61H,6-7,12-21,24H2,1-3H3,(H,50,57)(H,51,56,58). The monoisotopic (exact) mass is 860 g/mol. The lowest BCUT2D eigenvalue weighted by atomic mass is 9.80. The number of aromatic nitrogens is 3. The van der Waals surface area contributed by atoms with Crippen molar-refractivity contribution >= 4 is 46.4 Å². The molecule has 0 bridgehead atoms. The van der Waals surface area contributed by atoms with Gasteiger partial charge in [-0.3, -0.25) is 34.2 Å². The maximum Gasteiger partial charge on any atom is 0.433 e. The molecule has 3 aromatic heterocycles. The molecule has 5 heterocycles. The third kappa shape index (κ3) is 9.98. The Morgan fingerprint density at radius 2 is 1.71 bits per heavy atom. The van der Waals surface area contributed by atoms with Gasteiger partial charge in [0.05, 0.1) is 33.6 Å². The second-order valence-corrected chi connectivity index (χ2v) is 16.9. The minimum absolute atomic E-state index is 0.0598. The molecule has 0 radical (unpaired) electrons. The average molecular weight is 861 g/mol. The summed E-state index contributed by atoms with van der Waals surface area (Å²) < 4.78 is 47.3. The Morgan fingerprint density at radius 1 is 0.968 bits per heavy atom. The van der Waals surface area contributed by atoms with Gasteiger partial charge in [-0.1, -0.05) is 12.1 Å². The van der Waals surface area contributed by atoms with Crippen LogP contribution in [0.1, 0.15) is 119 Å². The van der Waals surface area contributed by atoms with E-state index >= 15 is 0 Å². The van der Waals surface area contributed by atoms with Crippen molar-refractivity contribution in [3.63, 3.8) is 0 Å². The van der Waals surface area contributed by atoms with E-state index in [-0.39, 0.29) is 35.6 Å². The molecule has 15 nitrogen and oxygen atoms in total. The predicted molar refractivity (Wildman–Crippen MR) is 221 cm³/mol. The minimum Gasteiger partial charge on any atom is -0.386 e. The fraction of sp³-hybridized carbons (Fsp3) is 0.477. The van der Waals surface area contributed by atoms with E-state index in [4.69, 9.17) is 9.84 Å². The van der Waals surface area contributed by atoms with Crippen LogP contribution in [0, 0.1) is 5.92 Å². The van der Waals surface area contributed by atoms with E-state index in [1.54, 1.807) is 48.8 Å². The van der Waals surface area contributed by atoms with E-state index in [0.717, 1.165) is 67.9 Å². The van der Waals surface area contributed by atoms with Crippen molar-refractivity contribution in [2.45, 2.75) is 89.0 Å². The number of hydrogen-bond donors (Lipinski definition) is 4. The van der Waals surface area contributed by atoms with E-state index in [1.807, 2.05) is 6.07 Å². The number of halogens is 3. The number of piperidine rings is 1. The fourth-order valence-corrected chi connectivity index (χ4v) is 8.52. The number of nitrogens with zero attached hydrogens (tertiary/aromatic N) is 5. The molecule has 1 saturated carbocycles. The number of rotatable bonds is 16. The lowest BCUT2D eigenvalue weighted by Crippen LogP contribution is -2.54. The van der Waals surface area contributed by atoms with Gasteiger partial charge in [-0.2, -0.15) is 18.3 Å². The SMILES string of the molecule is CN(CCCOCCCNc1cccc2c1C(=O)N(C1CCC(=O)NC1=O)C2=O)CC1CCC(c2cc3cc(NC(=O)c4cccc(C(F)(F)F)n4)c(C(C)(C)O)cn3n2)CC1. The van der Waals surface area contributed by atoms with Crippen LogP contribution >= 0.6 is 0 Å². The van der Waals surface area contributed by atoms with Crippen LogP contribution in [0.5, 0.6) is 0 Å². The van der Waals surface area contributed by atoms with Crippen LogP contribution in [0.4, 0.5) is 24.5 Å². The molecule has 0 spiro atoms. The summed E-state index contributed by atoms with van der Waals surface area (Å²) >= 11 is 0. The molecule has 18 heteroatoms. The zero-order valence-electron chi connectivity index (χ0n) is 34.9. The summed E-state index contributed by atoms with van der Waals surface area (Å²) in [5, 5.41) is 23.9. The van der Waals surface area contributed by atoms with E-state index in [1.165, 1.54) is 6.07 Å². The lowest BCUT2D eigenvalue weighted by molar-refractivity contribution is -0.141. The van der Waals surface area contributed by atoms with Gasteiger partial charge < -0.3 is 25.4 Å². The summed E-state index contributed by atoms with van der Waals surface area (Å²) in [6, 6.07) is 10.7. The lowest BCUT2D eigenvalue weighted by Gasteiger charge is -2.30. The Hall–Kier alpha value is -5.72. The summed E-state index contributed by atoms with van der Waals surface area (Å²) in [6.45, 7) is 6.58. The van der Waals surface area contributed by atoms with Crippen molar-refractivity contribution in [1.82, 2.24) is 29.7 Å². The number of ether oxygens (including phenoxy) is 1. The van der Waals surface area contributed by atoms with Crippen LogP contribution in [0.2, 0.25) is 0 Å². The van der Waals surface area contributed by atoms with Gasteiger partial charge in [0.1, 0.15) is 17.4 Å². The molecule has 2 fully saturated rings. The van der Waals surface area contributed by atoms with Crippen molar-refractivity contribution in [1.29, 1.82) is 0 Å². The molecule has 1 saturated heterocycles. The fourth-order valence-electron chi connectivity index (χ4n) is 8.52. The number of carbonyl (C=O) groups is 5. The number of amides is 5. The molecule has 1 unspecified atom stereocenters. The second kappa shape index (κ2) is 18.3. The van der Waals surface area contributed by atoms with Crippen molar-refractivity contribution < 1.29 is 47.0 Å². The van der Waals surface area contributed by atoms with Crippen LogP contribution < -0.4 is 16.0 Å². The topological polar surface area (TPSA) is 188 Å². The number of imide groups is 2. The number of anilines is 2. The number of alkyl halides is 3. The quantitative estimate of drug-likeness (QED) is 0.0795. The van der Waals surface area contributed by atoms with E-state index in [9.17, 15) is 42.3 Å². The molecule has 4 N–H and O–H groups in total. The van der Waals surface area contributed by atoms with E-state index < -0.39 is 58.7 Å². The molecule has 330 valence electrons. The zero-order chi connectivity index (χ0) is 44.3. The van der Waals surface area contributed by atoms with Crippen LogP contribution in [0.15, 0.2) is 54.7 Å². The number of hydrogen-bond acceptors (Lipinski definition) is 11. The summed E-state index contributed by atoms with van der Waals surface area (Å²) in [4.78, 5) is 70.2. The molecular weight excluding hydrogens is 810 g/mol. The summed E-state index contributed by atoms with van der Waals surface area (Å²) in [6.07, 6.45) is 2.61. The summed E-state index contributed by atoms with van der Waals surface area (Å²) in [7, 11) is 2.11. The number of fused-ring (bicyclic) bond motifs is 2. The number of carbonyl (C=O) groups excluding carboxylic acids is 5. The normalized spacial score (nSPS) is 19.6. The molecule has 7 rings (SSSR count). The highest BCUT2D eigenvalue weighted by Gasteiger charge is 2.45. The first-order valence-corrected chi connectivity index (χ1v) is 20.9. The zero-order valence-corrected chi connectivity index (χ0v) is 34.9. The van der Waals surface area contributed by atoms with Crippen molar-refractivity contribution in [3.8, 4) is 0 Å². The first-order valence-electron chi connectivity index (χ1n) is 20.9. The highest BCUT2D eigenvalue weighted by molar-refractivity contribution is 6.25. The first kappa shape index (κ1) is 44.3. The van der Waals surface area contributed by atoms with Gasteiger partial charge >= 0.3 is 6.18 Å². The van der Waals surface area contributed by atoms with Crippen LogP contribution in [-0.2, 0) is 26.1 Å². The molecule has 1 aliphatic carbocycles. The van der Waals surface area contributed by atoms with Crippen LogP contribution in [-0.4, -0.2) is 105 Å². The molecule has 62 heavy (non-hydrogen) atoms. The van der Waals surface area contributed by atoms with Gasteiger partial charge in [0.15, 0.2) is 0 Å². The second-order valence-electron chi connectivity index (χ2n) is 16.9. The van der Waals surface area contributed by atoms with Gasteiger partial charge in [0, 0.05) is 62.6 Å². The van der Waals surface area contributed by atoms with E-state index in [2.05, 4.69) is 32.9 Å². The maximum atomic E-state index is 13.3. The Kier molecular flexibility index (Phi) is 13.1. The van der Waals surface area contributed by atoms with Crippen molar-refractivity contribution in [3.05, 3.63) is 88.5 Å². The number of pyridine rings is 2. The predicted octanol–water partition coefficient (Wildman–Crippen LogP) is 5.74. The Morgan fingerprint density at radius 3 is 2.44 bits per heavy atom. The molecule has 2 aliphatic heterocycles. The highest BCUT2D eigenvalue weighted by Crippen LogP contribution is 2.38. The first-order chi connectivity index (χ1) is 29.5. The molecular formula is C44H51F3N8O7. The largest absolute Gasteiger partial charge is 0.433 e. The van der Waals surface area contributed by atoms with Crippen molar-refractivity contribution in [2.75, 3.05) is 50.5 Å². The van der Waals surface area contributed by atoms with Crippen LogP contribution in [0.3, 0.4) is 0 Å². The number of aliphatic hydroxyl groups is 1. The van der Waals surface area contributed by atoms with E-state index in [0.29, 0.717) is 48.9 Å². The molecule has 5 amide bonds. The minimum atomic E-state index is -4.70.